The summed E-state index contributed by atoms with van der Waals surface area (Å²) in [5.74, 6) is 1.50. The third-order valence-corrected chi connectivity index (χ3v) is 3.94. The molecule has 0 saturated heterocycles. The predicted molar refractivity (Wildman–Crippen MR) is 70.1 cm³/mol. The Morgan fingerprint density at radius 1 is 1.24 bits per heavy atom. The van der Waals surface area contributed by atoms with Crippen LogP contribution >= 0.6 is 0 Å². The summed E-state index contributed by atoms with van der Waals surface area (Å²) >= 11 is 0. The third-order valence-electron chi connectivity index (χ3n) is 3.94. The van der Waals surface area contributed by atoms with Crippen LogP contribution in [0.25, 0.3) is 11.0 Å². The molecule has 2 atom stereocenters. The number of nitrogens with two attached hydrogens (primary N) is 1. The minimum absolute atomic E-state index is 0.268. The van der Waals surface area contributed by atoms with Crippen molar-refractivity contribution >= 4 is 11.0 Å². The van der Waals surface area contributed by atoms with E-state index >= 15 is 0 Å². The lowest BCUT2D eigenvalue weighted by Gasteiger charge is -2.26. The maximum absolute atomic E-state index is 6.21. The highest BCUT2D eigenvalue weighted by Gasteiger charge is 2.26. The Labute approximate surface area is 102 Å². The van der Waals surface area contributed by atoms with Gasteiger partial charge < -0.3 is 10.2 Å². The topological polar surface area (TPSA) is 39.2 Å². The highest BCUT2D eigenvalue weighted by atomic mass is 16.3. The summed E-state index contributed by atoms with van der Waals surface area (Å²) in [5.41, 5.74) is 8.45. The molecule has 0 amide bonds. The normalized spacial score (nSPS) is 25.3. The van der Waals surface area contributed by atoms with Gasteiger partial charge in [0.05, 0.1) is 0 Å². The molecule has 2 N–H and O–H groups in total. The third kappa shape index (κ3) is 1.87. The Hall–Kier alpha value is -1.28. The number of benzene rings is 1. The van der Waals surface area contributed by atoms with Gasteiger partial charge in [0, 0.05) is 17.3 Å². The molecule has 0 aliphatic heterocycles. The van der Waals surface area contributed by atoms with Crippen molar-refractivity contribution in [2.75, 3.05) is 0 Å². The first kappa shape index (κ1) is 10.8. The van der Waals surface area contributed by atoms with Crippen LogP contribution in [-0.2, 0) is 0 Å². The van der Waals surface area contributed by atoms with Crippen molar-refractivity contribution in [2.24, 2.45) is 5.73 Å². The molecule has 3 rings (SSSR count). The fraction of sp³-hybridized carbons (Fsp3) is 0.467. The largest absolute Gasteiger partial charge is 0.460 e. The molecule has 0 spiro atoms. The van der Waals surface area contributed by atoms with Crippen molar-refractivity contribution in [3.63, 3.8) is 0 Å². The quantitative estimate of drug-likeness (QED) is 0.809. The van der Waals surface area contributed by atoms with E-state index in [0.717, 1.165) is 17.8 Å². The Balaban J connectivity index is 2.02. The van der Waals surface area contributed by atoms with Crippen molar-refractivity contribution < 1.29 is 4.42 Å². The van der Waals surface area contributed by atoms with Crippen LogP contribution < -0.4 is 5.73 Å². The minimum Gasteiger partial charge on any atom is -0.460 e. The zero-order valence-electron chi connectivity index (χ0n) is 10.3. The summed E-state index contributed by atoms with van der Waals surface area (Å²) in [7, 11) is 0. The van der Waals surface area contributed by atoms with E-state index in [0.29, 0.717) is 5.92 Å². The number of aryl methyl sites for hydroxylation is 1. The molecule has 1 fully saturated rings. The summed E-state index contributed by atoms with van der Waals surface area (Å²) in [5, 5.41) is 1.21. The van der Waals surface area contributed by atoms with Gasteiger partial charge in [-0.3, -0.25) is 0 Å². The Bertz CT molecular complexity index is 529. The maximum atomic E-state index is 6.21. The molecule has 17 heavy (non-hydrogen) atoms. The molecule has 0 bridgehead atoms. The van der Waals surface area contributed by atoms with Crippen molar-refractivity contribution in [3.8, 4) is 0 Å². The first-order chi connectivity index (χ1) is 8.25. The highest BCUT2D eigenvalue weighted by molar-refractivity contribution is 5.81. The second-order valence-electron chi connectivity index (χ2n) is 5.20. The number of furan rings is 1. The zero-order valence-corrected chi connectivity index (χ0v) is 10.3. The monoisotopic (exact) mass is 229 g/mol. The molecule has 1 aliphatic rings. The Morgan fingerprint density at radius 2 is 2.06 bits per heavy atom. The summed E-state index contributed by atoms with van der Waals surface area (Å²) in [6, 6.07) is 8.74. The van der Waals surface area contributed by atoms with Gasteiger partial charge in [0.15, 0.2) is 0 Å². The molecule has 1 aromatic carbocycles. The van der Waals surface area contributed by atoms with E-state index in [9.17, 15) is 0 Å². The first-order valence-corrected chi connectivity index (χ1v) is 6.50. The second-order valence-corrected chi connectivity index (χ2v) is 5.20. The average molecular weight is 229 g/mol. The fourth-order valence-electron chi connectivity index (χ4n) is 2.92. The van der Waals surface area contributed by atoms with E-state index in [1.54, 1.807) is 0 Å². The van der Waals surface area contributed by atoms with Crippen molar-refractivity contribution in [3.05, 3.63) is 35.6 Å². The summed E-state index contributed by atoms with van der Waals surface area (Å²) in [6.45, 7) is 2.09. The highest BCUT2D eigenvalue weighted by Crippen LogP contribution is 2.35. The van der Waals surface area contributed by atoms with Crippen LogP contribution in [0, 0.1) is 6.92 Å². The Kier molecular flexibility index (Phi) is 2.67. The van der Waals surface area contributed by atoms with E-state index in [1.165, 1.54) is 30.2 Å². The standard InChI is InChI=1S/C15H19NO/c1-10-5-4-6-11-9-14(17-15(10)11)12-7-2-3-8-13(12)16/h4-6,9,12-13H,2-3,7-8,16H2,1H3. The number of hydrogen-bond donors (Lipinski definition) is 1. The van der Waals surface area contributed by atoms with Gasteiger partial charge in [0.1, 0.15) is 11.3 Å². The molecular weight excluding hydrogens is 210 g/mol. The lowest BCUT2D eigenvalue weighted by molar-refractivity contribution is 0.341. The summed E-state index contributed by atoms with van der Waals surface area (Å²) < 4.78 is 6.03. The predicted octanol–water partition coefficient (Wildman–Crippen LogP) is 3.73. The lowest BCUT2D eigenvalue weighted by atomic mass is 9.83. The average Bonchev–Trinajstić information content (AvgIpc) is 2.75. The van der Waals surface area contributed by atoms with Gasteiger partial charge in [-0.25, -0.2) is 0 Å². The first-order valence-electron chi connectivity index (χ1n) is 6.50. The van der Waals surface area contributed by atoms with E-state index in [4.69, 9.17) is 10.2 Å². The molecule has 1 heterocycles. The molecule has 1 aliphatic carbocycles. The maximum Gasteiger partial charge on any atom is 0.137 e. The van der Waals surface area contributed by atoms with Gasteiger partial charge in [0.25, 0.3) is 0 Å². The van der Waals surface area contributed by atoms with E-state index < -0.39 is 0 Å². The molecule has 0 radical (unpaired) electrons. The van der Waals surface area contributed by atoms with Crippen molar-refractivity contribution in [2.45, 2.75) is 44.6 Å². The van der Waals surface area contributed by atoms with Crippen molar-refractivity contribution in [1.29, 1.82) is 0 Å². The van der Waals surface area contributed by atoms with Gasteiger partial charge in [-0.2, -0.15) is 0 Å². The lowest BCUT2D eigenvalue weighted by Crippen LogP contribution is -2.31. The SMILES string of the molecule is Cc1cccc2cc(C3CCCCC3N)oc12. The molecule has 2 nitrogen and oxygen atoms in total. The van der Waals surface area contributed by atoms with Crippen LogP contribution in [0.4, 0.5) is 0 Å². The molecule has 2 unspecified atom stereocenters. The van der Waals surface area contributed by atoms with Crippen LogP contribution in [0.5, 0.6) is 0 Å². The molecule has 2 aromatic rings. The number of fused-ring (bicyclic) bond motifs is 1. The summed E-state index contributed by atoms with van der Waals surface area (Å²) in [6.07, 6.45) is 4.83. The fourth-order valence-corrected chi connectivity index (χ4v) is 2.92. The summed E-state index contributed by atoms with van der Waals surface area (Å²) in [4.78, 5) is 0. The van der Waals surface area contributed by atoms with Crippen molar-refractivity contribution in [1.82, 2.24) is 0 Å². The number of para-hydroxylation sites is 1. The van der Waals surface area contributed by atoms with E-state index in [2.05, 4.69) is 31.2 Å². The minimum atomic E-state index is 0.268. The van der Waals surface area contributed by atoms with Crippen LogP contribution in [0.3, 0.4) is 0 Å². The van der Waals surface area contributed by atoms with Gasteiger partial charge in [0.2, 0.25) is 0 Å². The van der Waals surface area contributed by atoms with E-state index in [1.807, 2.05) is 0 Å². The number of rotatable bonds is 1. The molecule has 90 valence electrons. The Morgan fingerprint density at radius 3 is 2.82 bits per heavy atom. The molecular formula is C15H19NO. The van der Waals surface area contributed by atoms with Crippen LogP contribution in [0.15, 0.2) is 28.7 Å². The molecule has 2 heteroatoms. The van der Waals surface area contributed by atoms with E-state index in [-0.39, 0.29) is 6.04 Å². The van der Waals surface area contributed by atoms with Gasteiger partial charge in [-0.1, -0.05) is 31.0 Å². The van der Waals surface area contributed by atoms with Crippen LogP contribution in [0.2, 0.25) is 0 Å². The van der Waals surface area contributed by atoms with Crippen LogP contribution in [0.1, 0.15) is 42.9 Å². The second kappa shape index (κ2) is 4.19. The number of hydrogen-bond acceptors (Lipinski definition) is 2. The molecule has 1 aromatic heterocycles. The van der Waals surface area contributed by atoms with Crippen LogP contribution in [-0.4, -0.2) is 6.04 Å². The zero-order chi connectivity index (χ0) is 11.8. The van der Waals surface area contributed by atoms with Gasteiger partial charge in [-0.05, 0) is 31.4 Å². The van der Waals surface area contributed by atoms with Gasteiger partial charge >= 0.3 is 0 Å². The molecule has 1 saturated carbocycles. The smallest absolute Gasteiger partial charge is 0.137 e. The van der Waals surface area contributed by atoms with Gasteiger partial charge in [-0.15, -0.1) is 0 Å².